The fraction of sp³-hybridized carbons (Fsp3) is 0.208. The fourth-order valence-electron chi connectivity index (χ4n) is 2.94. The van der Waals surface area contributed by atoms with Crippen LogP contribution in [0.5, 0.6) is 0 Å². The first-order chi connectivity index (χ1) is 15.4. The van der Waals surface area contributed by atoms with Crippen molar-refractivity contribution in [3.8, 4) is 0 Å². The average Bonchev–Trinajstić information content (AvgIpc) is 2.76. The van der Waals surface area contributed by atoms with Crippen molar-refractivity contribution in [1.82, 2.24) is 4.98 Å². The molecule has 0 spiro atoms. The molecule has 0 atom stereocenters. The normalized spacial score (nSPS) is 10.8. The third kappa shape index (κ3) is 10.8. The number of carboxylic acids is 2. The summed E-state index contributed by atoms with van der Waals surface area (Å²) in [5.41, 5.74) is 3.80. The van der Waals surface area contributed by atoms with Crippen LogP contribution >= 0.6 is 39.5 Å². The van der Waals surface area contributed by atoms with E-state index < -0.39 is 11.9 Å². The molecule has 0 unspecified atom stereocenters. The van der Waals surface area contributed by atoms with Crippen molar-refractivity contribution in [3.05, 3.63) is 75.9 Å². The molecular formula is C24H22BrNNa2O4S2. The average molecular weight is 578 g/mol. The van der Waals surface area contributed by atoms with Crippen LogP contribution in [0.25, 0.3) is 23.1 Å². The van der Waals surface area contributed by atoms with Crippen LogP contribution in [0.3, 0.4) is 0 Å². The smallest absolute Gasteiger partial charge is 0.304 e. The van der Waals surface area contributed by atoms with Crippen molar-refractivity contribution in [2.24, 2.45) is 0 Å². The molecule has 3 rings (SSSR count). The van der Waals surface area contributed by atoms with E-state index in [4.69, 9.17) is 10.2 Å². The molecule has 0 saturated carbocycles. The number of thioether (sulfide) groups is 2. The van der Waals surface area contributed by atoms with Crippen molar-refractivity contribution >= 4 is 134 Å². The van der Waals surface area contributed by atoms with Gasteiger partial charge in [0, 0.05) is 80.5 Å². The van der Waals surface area contributed by atoms with Gasteiger partial charge in [-0.1, -0.05) is 52.3 Å². The Kier molecular flexibility index (Phi) is 15.4. The fourth-order valence-corrected chi connectivity index (χ4v) is 5.94. The summed E-state index contributed by atoms with van der Waals surface area (Å²) in [6, 6.07) is 18.0. The van der Waals surface area contributed by atoms with Crippen LogP contribution < -0.4 is 0 Å². The molecule has 0 aliphatic rings. The van der Waals surface area contributed by atoms with Gasteiger partial charge in [-0.25, -0.2) is 4.98 Å². The minimum absolute atomic E-state index is 0. The Balaban J connectivity index is 0.00000289. The van der Waals surface area contributed by atoms with Gasteiger partial charge in [-0.05, 0) is 41.5 Å². The van der Waals surface area contributed by atoms with Crippen LogP contribution in [0.4, 0.5) is 0 Å². The number of rotatable bonds is 11. The SMILES string of the molecule is O=C(O)CCSC(SCCC(=O)O)c1cccc(C=Cc2ccc3ccc(Br)cc3n2)c1.[Na].[Na]. The first-order valence-electron chi connectivity index (χ1n) is 9.92. The van der Waals surface area contributed by atoms with Crippen LogP contribution in [0.15, 0.2) is 59.1 Å². The zero-order chi connectivity index (χ0) is 22.9. The van der Waals surface area contributed by atoms with E-state index in [0.717, 1.165) is 32.2 Å². The summed E-state index contributed by atoms with van der Waals surface area (Å²) in [5.74, 6) is -0.732. The van der Waals surface area contributed by atoms with Gasteiger partial charge in [-0.2, -0.15) is 0 Å². The molecule has 168 valence electrons. The Labute approximate surface area is 260 Å². The second-order valence-electron chi connectivity index (χ2n) is 6.94. The van der Waals surface area contributed by atoms with E-state index in [-0.39, 0.29) is 76.5 Å². The van der Waals surface area contributed by atoms with Gasteiger partial charge in [0.1, 0.15) is 0 Å². The molecule has 5 nitrogen and oxygen atoms in total. The van der Waals surface area contributed by atoms with E-state index in [1.54, 1.807) is 0 Å². The molecule has 2 N–H and O–H groups in total. The summed E-state index contributed by atoms with van der Waals surface area (Å²) in [5, 5.41) is 18.9. The van der Waals surface area contributed by atoms with Gasteiger partial charge in [0.15, 0.2) is 0 Å². The molecule has 3 aromatic rings. The molecule has 2 aromatic carbocycles. The van der Waals surface area contributed by atoms with E-state index in [1.165, 1.54) is 23.5 Å². The van der Waals surface area contributed by atoms with E-state index in [1.807, 2.05) is 60.7 Å². The number of halogens is 1. The minimum atomic E-state index is -0.835. The number of fused-ring (bicyclic) bond motifs is 1. The number of carboxylic acid groups (broad SMARTS) is 2. The number of carbonyl (C=O) groups is 2. The summed E-state index contributed by atoms with van der Waals surface area (Å²) >= 11 is 6.54. The Bertz CT molecular complexity index is 1130. The molecule has 0 bridgehead atoms. The quantitative estimate of drug-likeness (QED) is 0.219. The van der Waals surface area contributed by atoms with Crippen molar-refractivity contribution in [2.45, 2.75) is 17.4 Å². The maximum atomic E-state index is 10.9. The molecule has 0 aliphatic heterocycles. The van der Waals surface area contributed by atoms with Crippen molar-refractivity contribution < 1.29 is 19.8 Å². The van der Waals surface area contributed by atoms with Crippen LogP contribution in [0.1, 0.15) is 34.2 Å². The molecule has 2 radical (unpaired) electrons. The number of nitrogens with zero attached hydrogens (tertiary/aromatic N) is 1. The summed E-state index contributed by atoms with van der Waals surface area (Å²) in [7, 11) is 0. The molecule has 0 fully saturated rings. The number of hydrogen-bond acceptors (Lipinski definition) is 5. The second-order valence-corrected chi connectivity index (χ2v) is 10.6. The first-order valence-corrected chi connectivity index (χ1v) is 12.8. The predicted octanol–water partition coefficient (Wildman–Crippen LogP) is 5.82. The topological polar surface area (TPSA) is 87.5 Å². The zero-order valence-corrected chi connectivity index (χ0v) is 26.3. The molecule has 0 saturated heterocycles. The standard InChI is InChI=1S/C24H22BrNO4S2.2Na/c25-19-7-5-17-6-9-20(26-21(17)15-19)8-4-16-2-1-3-18(14-16)24(31-12-10-22(27)28)32-13-11-23(29)30;;/h1-9,14-15,24H,10-13H2,(H,27,28)(H,29,30);;. The first kappa shape index (κ1) is 31.7. The molecular weight excluding hydrogens is 556 g/mol. The van der Waals surface area contributed by atoms with Crippen LogP contribution in [0, 0.1) is 0 Å². The summed E-state index contributed by atoms with van der Waals surface area (Å²) in [6.45, 7) is 0. The molecule has 1 heterocycles. The Morgan fingerprint density at radius 3 is 2.21 bits per heavy atom. The third-order valence-electron chi connectivity index (χ3n) is 4.48. The number of aliphatic carboxylic acids is 2. The molecule has 1 aromatic heterocycles. The van der Waals surface area contributed by atoms with Gasteiger partial charge in [0.25, 0.3) is 0 Å². The molecule has 10 heteroatoms. The van der Waals surface area contributed by atoms with Crippen molar-refractivity contribution in [3.63, 3.8) is 0 Å². The van der Waals surface area contributed by atoms with Crippen molar-refractivity contribution in [2.75, 3.05) is 11.5 Å². The van der Waals surface area contributed by atoms with E-state index in [9.17, 15) is 9.59 Å². The largest absolute Gasteiger partial charge is 0.481 e. The van der Waals surface area contributed by atoms with Gasteiger partial charge in [0.05, 0.1) is 28.6 Å². The maximum Gasteiger partial charge on any atom is 0.304 e. The second kappa shape index (κ2) is 16.5. The number of aromatic nitrogens is 1. The van der Waals surface area contributed by atoms with Gasteiger partial charge in [-0.15, -0.1) is 23.5 Å². The van der Waals surface area contributed by atoms with Gasteiger partial charge >= 0.3 is 11.9 Å². The number of benzene rings is 2. The third-order valence-corrected chi connectivity index (χ3v) is 7.81. The predicted molar refractivity (Wildman–Crippen MR) is 148 cm³/mol. The zero-order valence-electron chi connectivity index (χ0n) is 19.1. The van der Waals surface area contributed by atoms with E-state index in [0.29, 0.717) is 11.5 Å². The summed E-state index contributed by atoms with van der Waals surface area (Å²) < 4.78 is 0.955. The Morgan fingerprint density at radius 2 is 1.56 bits per heavy atom. The van der Waals surface area contributed by atoms with E-state index >= 15 is 0 Å². The molecule has 0 aliphatic carbocycles. The number of pyridine rings is 1. The van der Waals surface area contributed by atoms with Crippen LogP contribution in [-0.4, -0.2) is 97.8 Å². The van der Waals surface area contributed by atoms with Gasteiger partial charge in [0.2, 0.25) is 0 Å². The van der Waals surface area contributed by atoms with Crippen LogP contribution in [0.2, 0.25) is 0 Å². The minimum Gasteiger partial charge on any atom is -0.481 e. The molecule has 34 heavy (non-hydrogen) atoms. The van der Waals surface area contributed by atoms with Crippen LogP contribution in [-0.2, 0) is 9.59 Å². The van der Waals surface area contributed by atoms with Gasteiger partial charge in [-0.3, -0.25) is 9.59 Å². The number of hydrogen-bond donors (Lipinski definition) is 2. The van der Waals surface area contributed by atoms with Crippen molar-refractivity contribution in [1.29, 1.82) is 0 Å². The molecule has 0 amide bonds. The Morgan fingerprint density at radius 1 is 0.912 bits per heavy atom. The Hall–Kier alpha value is -0.290. The summed E-state index contributed by atoms with van der Waals surface area (Å²) in [6.07, 6.45) is 4.11. The summed E-state index contributed by atoms with van der Waals surface area (Å²) in [4.78, 5) is 26.4. The van der Waals surface area contributed by atoms with Gasteiger partial charge < -0.3 is 10.2 Å². The van der Waals surface area contributed by atoms with E-state index in [2.05, 4.69) is 27.0 Å². The maximum absolute atomic E-state index is 10.9. The monoisotopic (exact) mass is 577 g/mol.